The number of benzene rings is 2. The topological polar surface area (TPSA) is 85.1 Å². The van der Waals surface area contributed by atoms with Crippen LogP contribution in [-0.4, -0.2) is 13.4 Å². The second-order valence-corrected chi connectivity index (χ2v) is 8.63. The summed E-state index contributed by atoms with van der Waals surface area (Å²) in [7, 11) is -4.30. The first-order chi connectivity index (χ1) is 14.1. The van der Waals surface area contributed by atoms with Gasteiger partial charge in [0.25, 0.3) is 10.0 Å². The van der Waals surface area contributed by atoms with E-state index in [-0.39, 0.29) is 14.9 Å². The molecule has 0 saturated heterocycles. The highest BCUT2D eigenvalue weighted by Gasteiger charge is 2.22. The zero-order valence-electron chi connectivity index (χ0n) is 15.3. The third-order valence-corrected chi connectivity index (χ3v) is 6.05. The standard InChI is InChI=1S/C20H13Cl2F2N3O2S/c1-11-8-12(10-26-20(11)25)2-4-14-16(23)6-7-17(19(14)24)27-30(28,29)18-9-13(21)3-5-15(18)22/h3,5-10,27H,1H3,(H2,25,26). The minimum absolute atomic E-state index is 0.111. The number of hydrogen-bond acceptors (Lipinski definition) is 4. The van der Waals surface area contributed by atoms with Crippen LogP contribution in [0.25, 0.3) is 0 Å². The van der Waals surface area contributed by atoms with Crippen molar-refractivity contribution in [1.29, 1.82) is 0 Å². The van der Waals surface area contributed by atoms with E-state index in [1.54, 1.807) is 13.0 Å². The smallest absolute Gasteiger partial charge is 0.263 e. The normalized spacial score (nSPS) is 11.0. The molecule has 0 radical (unpaired) electrons. The fraction of sp³-hybridized carbons (Fsp3) is 0.0500. The number of pyridine rings is 1. The molecule has 0 fully saturated rings. The van der Waals surface area contributed by atoms with Crippen molar-refractivity contribution in [3.05, 3.63) is 81.0 Å². The van der Waals surface area contributed by atoms with Gasteiger partial charge in [0.15, 0.2) is 5.82 Å². The molecule has 0 spiro atoms. The molecule has 154 valence electrons. The van der Waals surface area contributed by atoms with Crippen molar-refractivity contribution >= 4 is 44.7 Å². The zero-order chi connectivity index (χ0) is 22.1. The van der Waals surface area contributed by atoms with E-state index in [1.807, 2.05) is 4.72 Å². The number of nitrogen functional groups attached to an aromatic ring is 1. The second kappa shape index (κ2) is 8.48. The fourth-order valence-corrected chi connectivity index (χ4v) is 4.24. The number of sulfonamides is 1. The number of nitrogens with one attached hydrogen (secondary N) is 1. The Kier molecular flexibility index (Phi) is 6.17. The lowest BCUT2D eigenvalue weighted by Gasteiger charge is -2.11. The van der Waals surface area contributed by atoms with Crippen LogP contribution in [0.5, 0.6) is 0 Å². The van der Waals surface area contributed by atoms with Crippen molar-refractivity contribution in [2.75, 3.05) is 10.5 Å². The van der Waals surface area contributed by atoms with Gasteiger partial charge >= 0.3 is 0 Å². The lowest BCUT2D eigenvalue weighted by atomic mass is 10.1. The molecular weight excluding hydrogens is 455 g/mol. The van der Waals surface area contributed by atoms with Crippen molar-refractivity contribution in [3.8, 4) is 11.8 Å². The molecule has 0 amide bonds. The van der Waals surface area contributed by atoms with E-state index in [0.717, 1.165) is 18.2 Å². The van der Waals surface area contributed by atoms with Crippen molar-refractivity contribution < 1.29 is 17.2 Å². The molecule has 3 rings (SSSR count). The molecule has 3 N–H and O–H groups in total. The minimum Gasteiger partial charge on any atom is -0.383 e. The number of rotatable bonds is 3. The van der Waals surface area contributed by atoms with Crippen LogP contribution in [0.1, 0.15) is 16.7 Å². The second-order valence-electron chi connectivity index (χ2n) is 6.14. The monoisotopic (exact) mass is 467 g/mol. The number of aryl methyl sites for hydroxylation is 1. The molecule has 0 aliphatic carbocycles. The first-order valence-electron chi connectivity index (χ1n) is 8.28. The molecule has 0 bridgehead atoms. The Morgan fingerprint density at radius 3 is 2.53 bits per heavy atom. The van der Waals surface area contributed by atoms with Gasteiger partial charge in [0.1, 0.15) is 16.5 Å². The van der Waals surface area contributed by atoms with E-state index in [1.165, 1.54) is 18.3 Å². The van der Waals surface area contributed by atoms with Crippen LogP contribution in [0.4, 0.5) is 20.3 Å². The lowest BCUT2D eigenvalue weighted by molar-refractivity contribution is 0.578. The number of anilines is 2. The number of nitrogens with zero attached hydrogens (tertiary/aromatic N) is 1. The molecule has 0 atom stereocenters. The van der Waals surface area contributed by atoms with Gasteiger partial charge in [0, 0.05) is 16.8 Å². The summed E-state index contributed by atoms with van der Waals surface area (Å²) in [6, 6.07) is 7.27. The van der Waals surface area contributed by atoms with Crippen LogP contribution >= 0.6 is 23.2 Å². The van der Waals surface area contributed by atoms with Gasteiger partial charge in [0.05, 0.1) is 16.3 Å². The first-order valence-corrected chi connectivity index (χ1v) is 10.5. The van der Waals surface area contributed by atoms with Gasteiger partial charge in [0.2, 0.25) is 0 Å². The molecule has 2 aromatic carbocycles. The van der Waals surface area contributed by atoms with Crippen LogP contribution in [0, 0.1) is 30.4 Å². The van der Waals surface area contributed by atoms with Gasteiger partial charge in [-0.3, -0.25) is 4.72 Å². The highest BCUT2D eigenvalue weighted by atomic mass is 35.5. The highest BCUT2D eigenvalue weighted by Crippen LogP contribution is 2.28. The SMILES string of the molecule is Cc1cc(C#Cc2c(F)ccc(NS(=O)(=O)c3cc(Cl)ccc3Cl)c2F)cnc1N. The van der Waals surface area contributed by atoms with Crippen molar-refractivity contribution in [2.24, 2.45) is 0 Å². The zero-order valence-corrected chi connectivity index (χ0v) is 17.6. The highest BCUT2D eigenvalue weighted by molar-refractivity contribution is 7.92. The number of aromatic nitrogens is 1. The van der Waals surface area contributed by atoms with E-state index >= 15 is 0 Å². The largest absolute Gasteiger partial charge is 0.383 e. The summed E-state index contributed by atoms with van der Waals surface area (Å²) >= 11 is 11.7. The van der Waals surface area contributed by atoms with E-state index in [4.69, 9.17) is 28.9 Å². The molecule has 0 aliphatic heterocycles. The molecule has 5 nitrogen and oxygen atoms in total. The quantitative estimate of drug-likeness (QED) is 0.543. The van der Waals surface area contributed by atoms with Crippen LogP contribution in [0.3, 0.4) is 0 Å². The average molecular weight is 468 g/mol. The molecule has 1 heterocycles. The van der Waals surface area contributed by atoms with E-state index in [9.17, 15) is 17.2 Å². The van der Waals surface area contributed by atoms with E-state index < -0.39 is 32.9 Å². The predicted molar refractivity (Wildman–Crippen MR) is 113 cm³/mol. The van der Waals surface area contributed by atoms with Gasteiger partial charge in [-0.15, -0.1) is 0 Å². The Balaban J connectivity index is 2.00. The predicted octanol–water partition coefficient (Wildman–Crippen LogP) is 4.76. The Labute approximate surface area is 181 Å². The Morgan fingerprint density at radius 2 is 1.83 bits per heavy atom. The summed E-state index contributed by atoms with van der Waals surface area (Å²) in [5.74, 6) is 3.14. The average Bonchev–Trinajstić information content (AvgIpc) is 2.68. The Morgan fingerprint density at radius 1 is 1.10 bits per heavy atom. The van der Waals surface area contributed by atoms with Crippen molar-refractivity contribution in [2.45, 2.75) is 11.8 Å². The summed E-state index contributed by atoms with van der Waals surface area (Å²) in [5.41, 5.74) is 5.56. The molecule has 10 heteroatoms. The van der Waals surface area contributed by atoms with Gasteiger partial charge < -0.3 is 5.73 Å². The molecule has 0 unspecified atom stereocenters. The van der Waals surface area contributed by atoms with Gasteiger partial charge in [-0.25, -0.2) is 22.2 Å². The maximum Gasteiger partial charge on any atom is 0.263 e. The molecular formula is C20H13Cl2F2N3O2S. The number of hydrogen-bond donors (Lipinski definition) is 2. The molecule has 1 aromatic heterocycles. The van der Waals surface area contributed by atoms with Crippen molar-refractivity contribution in [3.63, 3.8) is 0 Å². The third kappa shape index (κ3) is 4.65. The third-order valence-electron chi connectivity index (χ3n) is 3.97. The lowest BCUT2D eigenvalue weighted by Crippen LogP contribution is -2.15. The molecule has 30 heavy (non-hydrogen) atoms. The minimum atomic E-state index is -4.30. The molecule has 0 saturated carbocycles. The van der Waals surface area contributed by atoms with Crippen molar-refractivity contribution in [1.82, 2.24) is 4.98 Å². The van der Waals surface area contributed by atoms with Crippen LogP contribution in [-0.2, 0) is 10.0 Å². The maximum atomic E-state index is 14.8. The van der Waals surface area contributed by atoms with Gasteiger partial charge in [-0.2, -0.15) is 0 Å². The van der Waals surface area contributed by atoms with Crippen LogP contribution in [0.15, 0.2) is 47.5 Å². The van der Waals surface area contributed by atoms with E-state index in [2.05, 4.69) is 16.8 Å². The Bertz CT molecular complexity index is 1320. The summed E-state index contributed by atoms with van der Waals surface area (Å²) in [5, 5.41) is 0.0129. The summed E-state index contributed by atoms with van der Waals surface area (Å²) < 4.78 is 56.2. The number of halogens is 4. The summed E-state index contributed by atoms with van der Waals surface area (Å²) in [4.78, 5) is 3.57. The molecule has 0 aliphatic rings. The van der Waals surface area contributed by atoms with Crippen LogP contribution < -0.4 is 10.5 Å². The summed E-state index contributed by atoms with van der Waals surface area (Å²) in [6.45, 7) is 1.71. The summed E-state index contributed by atoms with van der Waals surface area (Å²) in [6.07, 6.45) is 1.36. The molecule has 3 aromatic rings. The maximum absolute atomic E-state index is 14.8. The van der Waals surface area contributed by atoms with E-state index in [0.29, 0.717) is 16.9 Å². The number of nitrogens with two attached hydrogens (primary N) is 1. The van der Waals surface area contributed by atoms with Gasteiger partial charge in [-0.05, 0) is 48.9 Å². The fourth-order valence-electron chi connectivity index (χ4n) is 2.42. The van der Waals surface area contributed by atoms with Crippen LogP contribution in [0.2, 0.25) is 10.0 Å². The Hall–Kier alpha value is -2.86. The van der Waals surface area contributed by atoms with Gasteiger partial charge in [-0.1, -0.05) is 35.0 Å². The first kappa shape index (κ1) is 21.8.